The van der Waals surface area contributed by atoms with Crippen LogP contribution in [0.2, 0.25) is 0 Å². The lowest BCUT2D eigenvalue weighted by molar-refractivity contribution is 0.0973. The first kappa shape index (κ1) is 14.5. The Morgan fingerprint density at radius 3 is 2.58 bits per heavy atom. The maximum absolute atomic E-state index is 5.70. The Hall–Kier alpha value is -0.900. The highest BCUT2D eigenvalue weighted by Gasteiger charge is 2.21. The molecule has 0 unspecified atom stereocenters. The van der Waals surface area contributed by atoms with Gasteiger partial charge in [-0.25, -0.2) is 0 Å². The summed E-state index contributed by atoms with van der Waals surface area (Å²) in [6, 6.07) is 10.6. The molecule has 3 nitrogen and oxygen atoms in total. The molecule has 3 heteroatoms. The summed E-state index contributed by atoms with van der Waals surface area (Å²) in [5.74, 6) is 0.854. The predicted molar refractivity (Wildman–Crippen MR) is 79.2 cm³/mol. The molecule has 0 atom stereocenters. The molecule has 0 aromatic heterocycles. The second-order valence-corrected chi connectivity index (χ2v) is 5.38. The quantitative estimate of drug-likeness (QED) is 0.655. The van der Waals surface area contributed by atoms with E-state index in [9.17, 15) is 0 Å². The molecule has 1 fully saturated rings. The minimum absolute atomic E-state index is 0.720. The molecular formula is C16H26N2O. The van der Waals surface area contributed by atoms with Gasteiger partial charge in [-0.15, -0.1) is 0 Å². The van der Waals surface area contributed by atoms with Crippen molar-refractivity contribution in [1.29, 1.82) is 0 Å². The van der Waals surface area contributed by atoms with Crippen LogP contribution in [0.4, 0.5) is 0 Å². The Morgan fingerprint density at radius 1 is 1.11 bits per heavy atom. The van der Waals surface area contributed by atoms with Gasteiger partial charge >= 0.3 is 0 Å². The van der Waals surface area contributed by atoms with Gasteiger partial charge in [0.2, 0.25) is 0 Å². The first-order chi connectivity index (χ1) is 9.38. The minimum Gasteiger partial charge on any atom is -0.380 e. The SMILES string of the molecule is NCCN(CCOCC1CC1)CCc1ccccc1. The van der Waals surface area contributed by atoms with Crippen molar-refractivity contribution in [2.24, 2.45) is 11.7 Å². The van der Waals surface area contributed by atoms with Crippen molar-refractivity contribution < 1.29 is 4.74 Å². The van der Waals surface area contributed by atoms with Gasteiger partial charge in [0.25, 0.3) is 0 Å². The van der Waals surface area contributed by atoms with Crippen molar-refractivity contribution in [3.8, 4) is 0 Å². The van der Waals surface area contributed by atoms with Gasteiger partial charge in [0.15, 0.2) is 0 Å². The van der Waals surface area contributed by atoms with E-state index in [1.165, 1.54) is 18.4 Å². The van der Waals surface area contributed by atoms with E-state index >= 15 is 0 Å². The summed E-state index contributed by atoms with van der Waals surface area (Å²) in [5.41, 5.74) is 7.07. The summed E-state index contributed by atoms with van der Waals surface area (Å²) >= 11 is 0. The number of hydrogen-bond donors (Lipinski definition) is 1. The van der Waals surface area contributed by atoms with Gasteiger partial charge in [0.05, 0.1) is 6.61 Å². The first-order valence-electron chi connectivity index (χ1n) is 7.42. The molecule has 0 aliphatic heterocycles. The predicted octanol–water partition coefficient (Wildman–Crippen LogP) is 1.92. The summed E-state index contributed by atoms with van der Waals surface area (Å²) in [7, 11) is 0. The number of nitrogens with two attached hydrogens (primary N) is 1. The van der Waals surface area contributed by atoms with Crippen molar-refractivity contribution in [1.82, 2.24) is 4.90 Å². The van der Waals surface area contributed by atoms with Crippen LogP contribution in [0.3, 0.4) is 0 Å². The molecule has 0 amide bonds. The van der Waals surface area contributed by atoms with Crippen molar-refractivity contribution in [2.45, 2.75) is 19.3 Å². The summed E-state index contributed by atoms with van der Waals surface area (Å²) < 4.78 is 5.70. The van der Waals surface area contributed by atoms with Gasteiger partial charge in [-0.3, -0.25) is 4.90 Å². The minimum atomic E-state index is 0.720. The second-order valence-electron chi connectivity index (χ2n) is 5.38. The van der Waals surface area contributed by atoms with Crippen molar-refractivity contribution >= 4 is 0 Å². The lowest BCUT2D eigenvalue weighted by Crippen LogP contribution is -2.34. The van der Waals surface area contributed by atoms with Gasteiger partial charge in [0.1, 0.15) is 0 Å². The van der Waals surface area contributed by atoms with E-state index in [1.54, 1.807) is 0 Å². The normalized spacial score (nSPS) is 15.1. The molecule has 2 rings (SSSR count). The summed E-state index contributed by atoms with van der Waals surface area (Å²) in [5, 5.41) is 0. The van der Waals surface area contributed by atoms with E-state index in [0.29, 0.717) is 0 Å². The summed E-state index contributed by atoms with van der Waals surface area (Å²) in [4.78, 5) is 2.40. The maximum Gasteiger partial charge on any atom is 0.0593 e. The summed E-state index contributed by atoms with van der Waals surface area (Å²) in [6.45, 7) is 5.53. The Balaban J connectivity index is 1.62. The van der Waals surface area contributed by atoms with Crippen molar-refractivity contribution in [3.05, 3.63) is 35.9 Å². The molecule has 1 aliphatic carbocycles. The van der Waals surface area contributed by atoms with Gasteiger partial charge in [-0.1, -0.05) is 30.3 Å². The molecule has 0 spiro atoms. The molecule has 1 saturated carbocycles. The third-order valence-corrected chi connectivity index (χ3v) is 3.61. The molecular weight excluding hydrogens is 236 g/mol. The average Bonchev–Trinajstić information content (AvgIpc) is 3.26. The Labute approximate surface area is 116 Å². The Kier molecular flexibility index (Phi) is 6.34. The van der Waals surface area contributed by atoms with E-state index in [2.05, 4.69) is 35.2 Å². The fraction of sp³-hybridized carbons (Fsp3) is 0.625. The van der Waals surface area contributed by atoms with Gasteiger partial charge in [0, 0.05) is 32.8 Å². The van der Waals surface area contributed by atoms with Gasteiger partial charge < -0.3 is 10.5 Å². The maximum atomic E-state index is 5.70. The zero-order chi connectivity index (χ0) is 13.3. The van der Waals surface area contributed by atoms with Crippen molar-refractivity contribution in [3.63, 3.8) is 0 Å². The molecule has 0 saturated heterocycles. The number of nitrogens with zero attached hydrogens (tertiary/aromatic N) is 1. The molecule has 1 aromatic rings. The Morgan fingerprint density at radius 2 is 1.89 bits per heavy atom. The second kappa shape index (κ2) is 8.31. The van der Waals surface area contributed by atoms with Gasteiger partial charge in [-0.05, 0) is 30.7 Å². The standard InChI is InChI=1S/C16H26N2O/c17-9-11-18(12-13-19-14-16-6-7-16)10-8-15-4-2-1-3-5-15/h1-5,16H,6-14,17H2. The third-order valence-electron chi connectivity index (χ3n) is 3.61. The lowest BCUT2D eigenvalue weighted by Gasteiger charge is -2.21. The van der Waals surface area contributed by atoms with Crippen LogP contribution >= 0.6 is 0 Å². The zero-order valence-corrected chi connectivity index (χ0v) is 11.8. The fourth-order valence-electron chi connectivity index (χ4n) is 2.18. The van der Waals surface area contributed by atoms with E-state index in [-0.39, 0.29) is 0 Å². The largest absolute Gasteiger partial charge is 0.380 e. The molecule has 0 bridgehead atoms. The molecule has 19 heavy (non-hydrogen) atoms. The zero-order valence-electron chi connectivity index (χ0n) is 11.8. The van der Waals surface area contributed by atoms with Crippen LogP contribution in [-0.2, 0) is 11.2 Å². The van der Waals surface area contributed by atoms with Crippen LogP contribution in [0.25, 0.3) is 0 Å². The highest BCUT2D eigenvalue weighted by atomic mass is 16.5. The molecule has 0 radical (unpaired) electrons. The first-order valence-corrected chi connectivity index (χ1v) is 7.42. The van der Waals surface area contributed by atoms with Crippen LogP contribution in [0.5, 0.6) is 0 Å². The highest BCUT2D eigenvalue weighted by Crippen LogP contribution is 2.28. The average molecular weight is 262 g/mol. The number of benzene rings is 1. The van der Waals surface area contributed by atoms with Crippen LogP contribution < -0.4 is 5.73 Å². The number of rotatable bonds is 10. The monoisotopic (exact) mass is 262 g/mol. The Bertz CT molecular complexity index is 338. The third kappa shape index (κ3) is 6.19. The van der Waals surface area contributed by atoms with Crippen LogP contribution in [0, 0.1) is 5.92 Å². The number of ether oxygens (including phenoxy) is 1. The molecule has 106 valence electrons. The van der Waals surface area contributed by atoms with E-state index in [0.717, 1.165) is 51.7 Å². The summed E-state index contributed by atoms with van der Waals surface area (Å²) in [6.07, 6.45) is 3.81. The fourth-order valence-corrected chi connectivity index (χ4v) is 2.18. The van der Waals surface area contributed by atoms with Crippen LogP contribution in [0.1, 0.15) is 18.4 Å². The lowest BCUT2D eigenvalue weighted by atomic mass is 10.1. The smallest absolute Gasteiger partial charge is 0.0593 e. The number of hydrogen-bond acceptors (Lipinski definition) is 3. The van der Waals surface area contributed by atoms with Crippen molar-refractivity contribution in [2.75, 3.05) is 39.4 Å². The van der Waals surface area contributed by atoms with Gasteiger partial charge in [-0.2, -0.15) is 0 Å². The van der Waals surface area contributed by atoms with E-state index in [4.69, 9.17) is 10.5 Å². The van der Waals surface area contributed by atoms with Crippen LogP contribution in [0.15, 0.2) is 30.3 Å². The highest BCUT2D eigenvalue weighted by molar-refractivity contribution is 5.14. The topological polar surface area (TPSA) is 38.5 Å². The molecule has 1 aromatic carbocycles. The van der Waals surface area contributed by atoms with Crippen LogP contribution in [-0.4, -0.2) is 44.3 Å². The molecule has 2 N–H and O–H groups in total. The van der Waals surface area contributed by atoms with E-state index < -0.39 is 0 Å². The van der Waals surface area contributed by atoms with E-state index in [1.807, 2.05) is 0 Å². The molecule has 1 aliphatic rings. The molecule has 0 heterocycles.